The molecule has 0 atom stereocenters. The standard InChI is InChI=1S/C19H33N.ClH/c1-4-20(5-2)17-13-9-7-6-8-10-15-19-16-12-11-14-18(19)3;/h11-12,14,16H,4-10,13,15,17H2,1-3H3;1H. The molecule has 0 radical (unpaired) electrons. The number of hydrogen-bond acceptors (Lipinski definition) is 0. The lowest BCUT2D eigenvalue weighted by Crippen LogP contribution is -3.11. The highest BCUT2D eigenvalue weighted by Gasteiger charge is 2.01. The number of nitrogens with one attached hydrogen (secondary N) is 1. The number of hydrogen-bond donors (Lipinski definition) is 1. The molecule has 0 saturated carbocycles. The van der Waals surface area contributed by atoms with Gasteiger partial charge in [0.05, 0.1) is 19.6 Å². The zero-order valence-electron chi connectivity index (χ0n) is 14.3. The van der Waals surface area contributed by atoms with Gasteiger partial charge in [0.15, 0.2) is 0 Å². The lowest BCUT2D eigenvalue weighted by molar-refractivity contribution is -0.896. The first-order valence-corrected chi connectivity index (χ1v) is 8.66. The molecule has 1 aromatic carbocycles. The molecule has 0 heterocycles. The van der Waals surface area contributed by atoms with E-state index in [9.17, 15) is 0 Å². The van der Waals surface area contributed by atoms with Crippen molar-refractivity contribution >= 4 is 0 Å². The minimum absolute atomic E-state index is 0. The molecule has 1 aromatic rings. The maximum Gasteiger partial charge on any atom is 0.0770 e. The van der Waals surface area contributed by atoms with Crippen molar-refractivity contribution < 1.29 is 17.3 Å². The SMILES string of the molecule is CC[NH+](CC)CCCCCCCCc1ccccc1C.[Cl-]. The van der Waals surface area contributed by atoms with E-state index in [-0.39, 0.29) is 12.4 Å². The highest BCUT2D eigenvalue weighted by molar-refractivity contribution is 5.25. The second-order valence-electron chi connectivity index (χ2n) is 6.00. The molecule has 0 fully saturated rings. The second-order valence-corrected chi connectivity index (χ2v) is 6.00. The van der Waals surface area contributed by atoms with Crippen LogP contribution in [0.4, 0.5) is 0 Å². The van der Waals surface area contributed by atoms with E-state index in [0.717, 1.165) is 0 Å². The summed E-state index contributed by atoms with van der Waals surface area (Å²) in [5, 5.41) is 0. The number of quaternary nitrogens is 1. The van der Waals surface area contributed by atoms with Gasteiger partial charge in [-0.05, 0) is 57.6 Å². The highest BCUT2D eigenvalue weighted by Crippen LogP contribution is 2.12. The van der Waals surface area contributed by atoms with Crippen LogP contribution in [0.1, 0.15) is 63.5 Å². The van der Waals surface area contributed by atoms with Gasteiger partial charge in [-0.2, -0.15) is 0 Å². The average molecular weight is 312 g/mol. The van der Waals surface area contributed by atoms with Crippen LogP contribution in [-0.2, 0) is 6.42 Å². The van der Waals surface area contributed by atoms with Crippen LogP contribution >= 0.6 is 0 Å². The van der Waals surface area contributed by atoms with Gasteiger partial charge in [0, 0.05) is 0 Å². The lowest BCUT2D eigenvalue weighted by Gasteiger charge is -2.14. The van der Waals surface area contributed by atoms with Crippen molar-refractivity contribution in [3.63, 3.8) is 0 Å². The van der Waals surface area contributed by atoms with E-state index < -0.39 is 0 Å². The minimum atomic E-state index is 0. The predicted octanol–water partition coefficient (Wildman–Crippen LogP) is 0.807. The summed E-state index contributed by atoms with van der Waals surface area (Å²) < 4.78 is 0. The van der Waals surface area contributed by atoms with Crippen LogP contribution in [0.25, 0.3) is 0 Å². The maximum atomic E-state index is 2.30. The van der Waals surface area contributed by atoms with Crippen molar-refractivity contribution in [1.29, 1.82) is 0 Å². The molecule has 0 saturated heterocycles. The first-order chi connectivity index (χ1) is 9.77. The van der Waals surface area contributed by atoms with Crippen LogP contribution in [0, 0.1) is 6.92 Å². The Balaban J connectivity index is 0.00000400. The van der Waals surface area contributed by atoms with E-state index in [1.54, 1.807) is 4.90 Å². The minimum Gasteiger partial charge on any atom is -1.00 e. The van der Waals surface area contributed by atoms with Crippen molar-refractivity contribution in [1.82, 2.24) is 0 Å². The molecule has 0 amide bonds. The van der Waals surface area contributed by atoms with Crippen molar-refractivity contribution in [2.24, 2.45) is 0 Å². The van der Waals surface area contributed by atoms with Gasteiger partial charge in [0.1, 0.15) is 0 Å². The first-order valence-electron chi connectivity index (χ1n) is 8.66. The number of unbranched alkanes of at least 4 members (excludes halogenated alkanes) is 5. The zero-order valence-corrected chi connectivity index (χ0v) is 15.0. The molecule has 0 aliphatic rings. The molecule has 0 aliphatic heterocycles. The van der Waals surface area contributed by atoms with Gasteiger partial charge < -0.3 is 17.3 Å². The summed E-state index contributed by atoms with van der Waals surface area (Å²) >= 11 is 0. The number of rotatable bonds is 11. The second kappa shape index (κ2) is 13.2. The monoisotopic (exact) mass is 311 g/mol. The molecule has 2 heteroatoms. The van der Waals surface area contributed by atoms with E-state index >= 15 is 0 Å². The van der Waals surface area contributed by atoms with E-state index in [1.807, 2.05) is 0 Å². The van der Waals surface area contributed by atoms with Crippen LogP contribution in [0.5, 0.6) is 0 Å². The molecule has 0 bridgehead atoms. The molecule has 0 spiro atoms. The Morgan fingerprint density at radius 2 is 1.38 bits per heavy atom. The predicted molar refractivity (Wildman–Crippen MR) is 89.5 cm³/mol. The van der Waals surface area contributed by atoms with Crippen LogP contribution in [0.2, 0.25) is 0 Å². The Kier molecular flexibility index (Phi) is 12.8. The summed E-state index contributed by atoms with van der Waals surface area (Å²) in [6.07, 6.45) is 9.69. The molecule has 1 N–H and O–H groups in total. The zero-order chi connectivity index (χ0) is 14.6. The Morgan fingerprint density at radius 3 is 2.00 bits per heavy atom. The smallest absolute Gasteiger partial charge is 0.0770 e. The molecule has 21 heavy (non-hydrogen) atoms. The van der Waals surface area contributed by atoms with Crippen molar-refractivity contribution in [3.8, 4) is 0 Å². The number of aryl methyl sites for hydroxylation is 2. The molecular weight excluding hydrogens is 278 g/mol. The fourth-order valence-electron chi connectivity index (χ4n) is 2.89. The van der Waals surface area contributed by atoms with Crippen LogP contribution in [0.15, 0.2) is 24.3 Å². The Morgan fingerprint density at radius 1 is 0.810 bits per heavy atom. The summed E-state index contributed by atoms with van der Waals surface area (Å²) in [4.78, 5) is 1.75. The van der Waals surface area contributed by atoms with E-state index in [1.165, 1.54) is 75.7 Å². The third-order valence-corrected chi connectivity index (χ3v) is 4.49. The Labute approximate surface area is 138 Å². The largest absolute Gasteiger partial charge is 1.00 e. The summed E-state index contributed by atoms with van der Waals surface area (Å²) in [6, 6.07) is 8.81. The molecule has 1 nitrogen and oxygen atoms in total. The first kappa shape index (κ1) is 20.5. The van der Waals surface area contributed by atoms with E-state index in [0.29, 0.717) is 0 Å². The molecule has 1 rings (SSSR count). The van der Waals surface area contributed by atoms with Gasteiger partial charge >= 0.3 is 0 Å². The average Bonchev–Trinajstić information content (AvgIpc) is 2.47. The van der Waals surface area contributed by atoms with Crippen LogP contribution in [0.3, 0.4) is 0 Å². The Hall–Kier alpha value is -0.530. The molecule has 0 aromatic heterocycles. The van der Waals surface area contributed by atoms with Gasteiger partial charge in [-0.3, -0.25) is 0 Å². The van der Waals surface area contributed by atoms with E-state index in [4.69, 9.17) is 0 Å². The lowest BCUT2D eigenvalue weighted by atomic mass is 10.0. The maximum absolute atomic E-state index is 2.30. The summed E-state index contributed by atoms with van der Waals surface area (Å²) in [5.41, 5.74) is 2.99. The normalized spacial score (nSPS) is 10.7. The van der Waals surface area contributed by atoms with Crippen LogP contribution in [-0.4, -0.2) is 19.6 Å². The number of benzene rings is 1. The summed E-state index contributed by atoms with van der Waals surface area (Å²) in [6.45, 7) is 10.8. The fraction of sp³-hybridized carbons (Fsp3) is 0.684. The summed E-state index contributed by atoms with van der Waals surface area (Å²) in [5.74, 6) is 0. The molecule has 0 unspecified atom stereocenters. The van der Waals surface area contributed by atoms with Crippen molar-refractivity contribution in [2.75, 3.05) is 19.6 Å². The van der Waals surface area contributed by atoms with E-state index in [2.05, 4.69) is 45.0 Å². The third-order valence-electron chi connectivity index (χ3n) is 4.49. The third kappa shape index (κ3) is 9.16. The van der Waals surface area contributed by atoms with Crippen LogP contribution < -0.4 is 17.3 Å². The highest BCUT2D eigenvalue weighted by atomic mass is 35.5. The molecule has 0 aliphatic carbocycles. The summed E-state index contributed by atoms with van der Waals surface area (Å²) in [7, 11) is 0. The van der Waals surface area contributed by atoms with Gasteiger partial charge in [0.2, 0.25) is 0 Å². The number of halogens is 1. The van der Waals surface area contributed by atoms with Gasteiger partial charge in [-0.1, -0.05) is 43.5 Å². The van der Waals surface area contributed by atoms with Gasteiger partial charge in [-0.15, -0.1) is 0 Å². The van der Waals surface area contributed by atoms with Gasteiger partial charge in [-0.25, -0.2) is 0 Å². The molecular formula is C19H34ClN. The fourth-order valence-corrected chi connectivity index (χ4v) is 2.89. The molecule has 122 valence electrons. The quantitative estimate of drug-likeness (QED) is 0.577. The van der Waals surface area contributed by atoms with Crippen molar-refractivity contribution in [2.45, 2.75) is 65.7 Å². The van der Waals surface area contributed by atoms with Crippen molar-refractivity contribution in [3.05, 3.63) is 35.4 Å². The topological polar surface area (TPSA) is 4.44 Å². The van der Waals surface area contributed by atoms with Gasteiger partial charge in [0.25, 0.3) is 0 Å². The Bertz CT molecular complexity index is 347.